The zero-order chi connectivity index (χ0) is 13.7. The minimum absolute atomic E-state index is 0.153. The average molecular weight is 274 g/mol. The fourth-order valence-electron chi connectivity index (χ4n) is 2.57. The van der Waals surface area contributed by atoms with E-state index >= 15 is 0 Å². The number of benzene rings is 1. The van der Waals surface area contributed by atoms with Crippen LogP contribution in [0.15, 0.2) is 29.4 Å². The number of nitrogens with zero attached hydrogens (tertiary/aromatic N) is 1. The molecule has 1 aromatic rings. The van der Waals surface area contributed by atoms with Crippen molar-refractivity contribution < 1.29 is 0 Å². The van der Waals surface area contributed by atoms with Crippen LogP contribution >= 0.6 is 12.2 Å². The highest BCUT2D eigenvalue weighted by molar-refractivity contribution is 7.80. The van der Waals surface area contributed by atoms with Gasteiger partial charge in [-0.1, -0.05) is 43.5 Å². The first-order valence-corrected chi connectivity index (χ1v) is 7.13. The van der Waals surface area contributed by atoms with E-state index in [9.17, 15) is 0 Å². The van der Waals surface area contributed by atoms with Crippen LogP contribution in [0.1, 0.15) is 49.1 Å². The van der Waals surface area contributed by atoms with Gasteiger partial charge < -0.3 is 5.73 Å². The van der Waals surface area contributed by atoms with Crippen molar-refractivity contribution in [3.8, 4) is 0 Å². The van der Waals surface area contributed by atoms with Gasteiger partial charge in [-0.2, -0.15) is 5.10 Å². The summed E-state index contributed by atoms with van der Waals surface area (Å²) in [5, 5.41) is 4.18. The predicted molar refractivity (Wildman–Crippen MR) is 84.1 cm³/mol. The molecule has 0 spiro atoms. The summed E-state index contributed by atoms with van der Waals surface area (Å²) in [5.41, 5.74) is 10.9. The number of nitrogens with one attached hydrogen (secondary N) is 1. The Bertz CT molecular complexity index is 459. The molecule has 3 N–H and O–H groups in total. The highest BCUT2D eigenvalue weighted by atomic mass is 32.1. The third-order valence-corrected chi connectivity index (χ3v) is 3.71. The molecule has 101 valence electrons. The molecule has 1 aliphatic rings. The van der Waals surface area contributed by atoms with Crippen molar-refractivity contribution in [1.82, 2.24) is 5.43 Å². The summed E-state index contributed by atoms with van der Waals surface area (Å²) >= 11 is 4.70. The first-order chi connectivity index (χ1) is 9.16. The molecular formula is C15H20N3S. The summed E-state index contributed by atoms with van der Waals surface area (Å²) in [6.07, 6.45) is 6.72. The number of rotatable bonds is 3. The van der Waals surface area contributed by atoms with Gasteiger partial charge in [0.05, 0.1) is 5.71 Å². The number of thiocarbonyl (C=S) groups is 1. The largest absolute Gasteiger partial charge is 0.375 e. The molecule has 0 saturated heterocycles. The molecule has 19 heavy (non-hydrogen) atoms. The minimum Gasteiger partial charge on any atom is -0.375 e. The number of hydrogen-bond donors (Lipinski definition) is 2. The van der Waals surface area contributed by atoms with Gasteiger partial charge in [0.25, 0.3) is 0 Å². The summed E-state index contributed by atoms with van der Waals surface area (Å²) in [7, 11) is 0. The van der Waals surface area contributed by atoms with Crippen molar-refractivity contribution in [1.29, 1.82) is 0 Å². The Morgan fingerprint density at radius 3 is 2.42 bits per heavy atom. The van der Waals surface area contributed by atoms with Gasteiger partial charge >= 0.3 is 0 Å². The molecule has 3 nitrogen and oxygen atoms in total. The van der Waals surface area contributed by atoms with E-state index in [-0.39, 0.29) is 5.11 Å². The van der Waals surface area contributed by atoms with Crippen LogP contribution in [0.5, 0.6) is 0 Å². The second-order valence-electron chi connectivity index (χ2n) is 4.99. The smallest absolute Gasteiger partial charge is 0.184 e. The van der Waals surface area contributed by atoms with Gasteiger partial charge in [0.1, 0.15) is 0 Å². The van der Waals surface area contributed by atoms with Gasteiger partial charge in [0.2, 0.25) is 0 Å². The monoisotopic (exact) mass is 274 g/mol. The fourth-order valence-corrected chi connectivity index (χ4v) is 2.62. The van der Waals surface area contributed by atoms with Crippen LogP contribution in [-0.4, -0.2) is 10.8 Å². The molecule has 0 aromatic heterocycles. The number of hydrogen-bond acceptors (Lipinski definition) is 2. The van der Waals surface area contributed by atoms with Gasteiger partial charge in [0.15, 0.2) is 5.11 Å². The highest BCUT2D eigenvalue weighted by Crippen LogP contribution is 2.32. The summed E-state index contributed by atoms with van der Waals surface area (Å²) in [6.45, 7) is 3.89. The molecule has 1 saturated carbocycles. The zero-order valence-corrected chi connectivity index (χ0v) is 11.9. The van der Waals surface area contributed by atoms with Crippen molar-refractivity contribution in [3.63, 3.8) is 0 Å². The molecule has 1 aromatic carbocycles. The first-order valence-electron chi connectivity index (χ1n) is 6.72. The fraction of sp³-hybridized carbons (Fsp3) is 0.400. The highest BCUT2D eigenvalue weighted by Gasteiger charge is 2.15. The SMILES string of the molecule is [CH2]C(=NNC(N)=S)c1ccc(C2CCCCC2)cc1. The average Bonchev–Trinajstić information content (AvgIpc) is 2.46. The van der Waals surface area contributed by atoms with E-state index in [2.05, 4.69) is 41.7 Å². The van der Waals surface area contributed by atoms with E-state index in [1.807, 2.05) is 0 Å². The van der Waals surface area contributed by atoms with Gasteiger partial charge in [-0.3, -0.25) is 5.43 Å². The summed E-state index contributed by atoms with van der Waals surface area (Å²) < 4.78 is 0. The topological polar surface area (TPSA) is 50.4 Å². The molecule has 1 aliphatic carbocycles. The predicted octanol–water partition coefficient (Wildman–Crippen LogP) is 3.11. The van der Waals surface area contributed by atoms with Gasteiger partial charge in [-0.25, -0.2) is 0 Å². The Labute approximate surface area is 120 Å². The molecule has 2 rings (SSSR count). The Morgan fingerprint density at radius 2 is 1.84 bits per heavy atom. The van der Waals surface area contributed by atoms with E-state index in [4.69, 9.17) is 18.0 Å². The maximum Gasteiger partial charge on any atom is 0.184 e. The Hall–Kier alpha value is -1.42. The van der Waals surface area contributed by atoms with E-state index in [1.165, 1.54) is 37.7 Å². The molecule has 0 bridgehead atoms. The first kappa shape index (κ1) is 14.0. The summed E-state index contributed by atoms with van der Waals surface area (Å²) in [4.78, 5) is 0. The quantitative estimate of drug-likeness (QED) is 0.506. The van der Waals surface area contributed by atoms with Crippen LogP contribution in [0, 0.1) is 6.92 Å². The molecule has 0 unspecified atom stereocenters. The normalized spacial score (nSPS) is 17.2. The standard InChI is InChI=1S/C15H20N3S/c1-11(17-18-15(16)19)12-7-9-14(10-8-12)13-5-3-2-4-6-13/h7-10,13H,1-6H2,(H3,16,18,19). The minimum atomic E-state index is 0.153. The lowest BCUT2D eigenvalue weighted by Crippen LogP contribution is -2.25. The lowest BCUT2D eigenvalue weighted by Gasteiger charge is -2.22. The maximum absolute atomic E-state index is 5.33. The lowest BCUT2D eigenvalue weighted by molar-refractivity contribution is 0.443. The van der Waals surface area contributed by atoms with Gasteiger partial charge in [-0.05, 0) is 49.0 Å². The third-order valence-electron chi connectivity index (χ3n) is 3.62. The molecule has 0 aliphatic heterocycles. The third kappa shape index (κ3) is 4.03. The van der Waals surface area contributed by atoms with Crippen LogP contribution in [0.4, 0.5) is 0 Å². The molecular weight excluding hydrogens is 254 g/mol. The van der Waals surface area contributed by atoms with Crippen LogP contribution in [0.2, 0.25) is 0 Å². The van der Waals surface area contributed by atoms with Crippen molar-refractivity contribution >= 4 is 23.0 Å². The maximum atomic E-state index is 5.33. The molecule has 0 atom stereocenters. The molecule has 1 fully saturated rings. The Balaban J connectivity index is 2.05. The van der Waals surface area contributed by atoms with Gasteiger partial charge in [0, 0.05) is 0 Å². The van der Waals surface area contributed by atoms with E-state index in [0.717, 1.165) is 11.5 Å². The Kier molecular flexibility index (Phi) is 4.91. The van der Waals surface area contributed by atoms with Crippen LogP contribution in [-0.2, 0) is 0 Å². The number of nitrogens with two attached hydrogens (primary N) is 1. The summed E-state index contributed by atoms with van der Waals surface area (Å²) in [6, 6.07) is 8.51. The van der Waals surface area contributed by atoms with Crippen LogP contribution in [0.25, 0.3) is 0 Å². The summed E-state index contributed by atoms with van der Waals surface area (Å²) in [5.74, 6) is 0.725. The second kappa shape index (κ2) is 6.66. The number of hydrazone groups is 1. The molecule has 0 heterocycles. The van der Waals surface area contributed by atoms with Crippen molar-refractivity contribution in [2.45, 2.75) is 38.0 Å². The van der Waals surface area contributed by atoms with Crippen LogP contribution < -0.4 is 11.2 Å². The van der Waals surface area contributed by atoms with E-state index in [1.54, 1.807) is 0 Å². The Morgan fingerprint density at radius 1 is 1.21 bits per heavy atom. The van der Waals surface area contributed by atoms with Crippen molar-refractivity contribution in [3.05, 3.63) is 42.3 Å². The van der Waals surface area contributed by atoms with E-state index in [0.29, 0.717) is 5.71 Å². The molecule has 4 heteroatoms. The molecule has 1 radical (unpaired) electrons. The van der Waals surface area contributed by atoms with Crippen molar-refractivity contribution in [2.24, 2.45) is 10.8 Å². The zero-order valence-electron chi connectivity index (χ0n) is 11.1. The molecule has 0 amide bonds. The van der Waals surface area contributed by atoms with Gasteiger partial charge in [-0.15, -0.1) is 0 Å². The van der Waals surface area contributed by atoms with Crippen molar-refractivity contribution in [2.75, 3.05) is 0 Å². The second-order valence-corrected chi connectivity index (χ2v) is 5.43. The lowest BCUT2D eigenvalue weighted by atomic mass is 9.84. The van der Waals surface area contributed by atoms with Crippen LogP contribution in [0.3, 0.4) is 0 Å². The van der Waals surface area contributed by atoms with E-state index < -0.39 is 0 Å².